The fraction of sp³-hybridized carbons (Fsp3) is 0.308. The van der Waals surface area contributed by atoms with E-state index in [1.165, 1.54) is 0 Å². The molecule has 0 aliphatic heterocycles. The average molecular weight is 299 g/mol. The quantitative estimate of drug-likeness (QED) is 0.658. The van der Waals surface area contributed by atoms with E-state index in [9.17, 15) is 0 Å². The van der Waals surface area contributed by atoms with Gasteiger partial charge in [0, 0.05) is 11.6 Å². The highest BCUT2D eigenvalue weighted by molar-refractivity contribution is 6.31. The number of benzene rings is 1. The molecule has 1 aromatic heterocycles. The molecule has 0 aliphatic rings. The van der Waals surface area contributed by atoms with Gasteiger partial charge in [-0.3, -0.25) is 10.5 Å². The lowest BCUT2D eigenvalue weighted by Gasteiger charge is -2.19. The normalized spacial score (nSPS) is 12.6. The van der Waals surface area contributed by atoms with Gasteiger partial charge in [0.15, 0.2) is 0 Å². The molecule has 0 saturated heterocycles. The molecule has 1 unspecified atom stereocenters. The van der Waals surface area contributed by atoms with Gasteiger partial charge in [0.25, 0.3) is 0 Å². The van der Waals surface area contributed by atoms with E-state index in [4.69, 9.17) is 29.0 Å². The Morgan fingerprint density at radius 1 is 1.42 bits per heavy atom. The highest BCUT2D eigenvalue weighted by atomic mass is 35.5. The van der Waals surface area contributed by atoms with Crippen molar-refractivity contribution in [2.45, 2.75) is 25.9 Å². The van der Waals surface area contributed by atoms with Crippen LogP contribution >= 0.6 is 23.2 Å². The maximum atomic E-state index is 6.23. The predicted molar refractivity (Wildman–Crippen MR) is 78.1 cm³/mol. The van der Waals surface area contributed by atoms with Gasteiger partial charge in [0.2, 0.25) is 0 Å². The zero-order valence-electron chi connectivity index (χ0n) is 10.6. The van der Waals surface area contributed by atoms with Gasteiger partial charge in [-0.05, 0) is 24.1 Å². The van der Waals surface area contributed by atoms with E-state index >= 15 is 0 Å². The standard InChI is InChI=1S/C13H16Cl2N4/c1-2-6-19-13(11(15)8-17-19)12(18-16)9-4-3-5-10(14)7-9/h3-5,7-8,12,18H,2,6,16H2,1H3. The van der Waals surface area contributed by atoms with Crippen LogP contribution in [0.1, 0.15) is 30.6 Å². The highest BCUT2D eigenvalue weighted by Gasteiger charge is 2.21. The van der Waals surface area contributed by atoms with Crippen molar-refractivity contribution >= 4 is 23.2 Å². The van der Waals surface area contributed by atoms with Crippen molar-refractivity contribution in [3.63, 3.8) is 0 Å². The van der Waals surface area contributed by atoms with Crippen LogP contribution in [0, 0.1) is 0 Å². The Bertz CT molecular complexity index is 553. The maximum absolute atomic E-state index is 6.23. The van der Waals surface area contributed by atoms with Crippen LogP contribution < -0.4 is 11.3 Å². The smallest absolute Gasteiger partial charge is 0.0894 e. The Balaban J connectivity index is 2.44. The second-order valence-electron chi connectivity index (χ2n) is 4.26. The zero-order valence-corrected chi connectivity index (χ0v) is 12.1. The second kappa shape index (κ2) is 6.39. The van der Waals surface area contributed by atoms with Crippen LogP contribution in [0.2, 0.25) is 10.0 Å². The lowest BCUT2D eigenvalue weighted by molar-refractivity contribution is 0.521. The number of hydrazine groups is 1. The minimum atomic E-state index is -0.236. The molecular weight excluding hydrogens is 283 g/mol. The second-order valence-corrected chi connectivity index (χ2v) is 5.10. The molecule has 0 fully saturated rings. The monoisotopic (exact) mass is 298 g/mol. The largest absolute Gasteiger partial charge is 0.271 e. The lowest BCUT2D eigenvalue weighted by Crippen LogP contribution is -2.31. The van der Waals surface area contributed by atoms with Crippen molar-refractivity contribution in [3.05, 3.63) is 51.8 Å². The van der Waals surface area contributed by atoms with Gasteiger partial charge in [-0.2, -0.15) is 5.10 Å². The summed E-state index contributed by atoms with van der Waals surface area (Å²) in [6, 6.07) is 7.29. The number of hydrogen-bond acceptors (Lipinski definition) is 3. The molecule has 0 radical (unpaired) electrons. The number of aryl methyl sites for hydroxylation is 1. The SMILES string of the molecule is CCCn1ncc(Cl)c1C(NN)c1cccc(Cl)c1. The van der Waals surface area contributed by atoms with Gasteiger partial charge >= 0.3 is 0 Å². The first-order valence-corrected chi connectivity index (χ1v) is 6.85. The van der Waals surface area contributed by atoms with E-state index in [0.717, 1.165) is 24.2 Å². The molecule has 0 aliphatic carbocycles. The Morgan fingerprint density at radius 3 is 2.84 bits per heavy atom. The molecule has 3 N–H and O–H groups in total. The topological polar surface area (TPSA) is 55.9 Å². The predicted octanol–water partition coefficient (Wildman–Crippen LogP) is 3.15. The van der Waals surface area contributed by atoms with Crippen LogP contribution in [0.15, 0.2) is 30.5 Å². The van der Waals surface area contributed by atoms with Gasteiger partial charge in [0.1, 0.15) is 0 Å². The first kappa shape index (κ1) is 14.3. The highest BCUT2D eigenvalue weighted by Crippen LogP contribution is 2.29. The Morgan fingerprint density at radius 2 is 2.21 bits per heavy atom. The van der Waals surface area contributed by atoms with Crippen molar-refractivity contribution in [3.8, 4) is 0 Å². The molecule has 0 saturated carbocycles. The molecular formula is C13H16Cl2N4. The van der Waals surface area contributed by atoms with Gasteiger partial charge in [0.05, 0.1) is 23.0 Å². The minimum absolute atomic E-state index is 0.236. The molecule has 2 aromatic rings. The van der Waals surface area contributed by atoms with Crippen molar-refractivity contribution in [2.75, 3.05) is 0 Å². The Kier molecular flexibility index (Phi) is 4.82. The van der Waals surface area contributed by atoms with E-state index in [0.29, 0.717) is 10.0 Å². The number of rotatable bonds is 5. The summed E-state index contributed by atoms with van der Waals surface area (Å²) < 4.78 is 1.87. The van der Waals surface area contributed by atoms with Crippen LogP contribution in [0.5, 0.6) is 0 Å². The first-order chi connectivity index (χ1) is 9.17. The van der Waals surface area contributed by atoms with Crippen molar-refractivity contribution in [1.29, 1.82) is 0 Å². The molecule has 0 amide bonds. The molecule has 1 atom stereocenters. The molecule has 102 valence electrons. The van der Waals surface area contributed by atoms with Crippen molar-refractivity contribution in [1.82, 2.24) is 15.2 Å². The van der Waals surface area contributed by atoms with Crippen LogP contribution in [0.25, 0.3) is 0 Å². The lowest BCUT2D eigenvalue weighted by atomic mass is 10.0. The molecule has 0 spiro atoms. The number of nitrogens with two attached hydrogens (primary N) is 1. The Hall–Kier alpha value is -1.07. The van der Waals surface area contributed by atoms with Gasteiger partial charge in [-0.25, -0.2) is 5.43 Å². The number of hydrogen-bond donors (Lipinski definition) is 2. The summed E-state index contributed by atoms with van der Waals surface area (Å²) in [5.74, 6) is 5.69. The average Bonchev–Trinajstić information content (AvgIpc) is 2.74. The number of nitrogens with zero attached hydrogens (tertiary/aromatic N) is 2. The summed E-state index contributed by atoms with van der Waals surface area (Å²) in [5.41, 5.74) is 4.59. The van der Waals surface area contributed by atoms with Gasteiger partial charge in [-0.1, -0.05) is 42.3 Å². The molecule has 2 rings (SSSR count). The number of aromatic nitrogens is 2. The molecule has 4 nitrogen and oxygen atoms in total. The van der Waals surface area contributed by atoms with E-state index < -0.39 is 0 Å². The molecule has 19 heavy (non-hydrogen) atoms. The third-order valence-corrected chi connectivity index (χ3v) is 3.42. The summed E-state index contributed by atoms with van der Waals surface area (Å²) in [4.78, 5) is 0. The van der Waals surface area contributed by atoms with Gasteiger partial charge < -0.3 is 0 Å². The van der Waals surface area contributed by atoms with E-state index in [1.54, 1.807) is 6.20 Å². The first-order valence-electron chi connectivity index (χ1n) is 6.10. The van der Waals surface area contributed by atoms with Crippen molar-refractivity contribution < 1.29 is 0 Å². The van der Waals surface area contributed by atoms with E-state index in [2.05, 4.69) is 17.4 Å². The third-order valence-electron chi connectivity index (χ3n) is 2.89. The van der Waals surface area contributed by atoms with E-state index in [1.807, 2.05) is 28.9 Å². The minimum Gasteiger partial charge on any atom is -0.271 e. The summed E-state index contributed by atoms with van der Waals surface area (Å²) in [6.07, 6.45) is 2.61. The van der Waals surface area contributed by atoms with Crippen LogP contribution in [0.3, 0.4) is 0 Å². The molecule has 1 aromatic carbocycles. The van der Waals surface area contributed by atoms with E-state index in [-0.39, 0.29) is 6.04 Å². The fourth-order valence-corrected chi connectivity index (χ4v) is 2.52. The van der Waals surface area contributed by atoms with Crippen LogP contribution in [0.4, 0.5) is 0 Å². The molecule has 1 heterocycles. The summed E-state index contributed by atoms with van der Waals surface area (Å²) in [7, 11) is 0. The maximum Gasteiger partial charge on any atom is 0.0894 e. The van der Waals surface area contributed by atoms with Crippen molar-refractivity contribution in [2.24, 2.45) is 5.84 Å². The summed E-state index contributed by atoms with van der Waals surface area (Å²) in [5, 5.41) is 5.53. The fourth-order valence-electron chi connectivity index (χ4n) is 2.07. The summed E-state index contributed by atoms with van der Waals surface area (Å²) in [6.45, 7) is 2.88. The molecule has 6 heteroatoms. The number of nitrogens with one attached hydrogen (secondary N) is 1. The van der Waals surface area contributed by atoms with Crippen LogP contribution in [-0.2, 0) is 6.54 Å². The molecule has 0 bridgehead atoms. The summed E-state index contributed by atoms with van der Waals surface area (Å²) >= 11 is 12.3. The third kappa shape index (κ3) is 3.09. The number of halogens is 2. The zero-order chi connectivity index (χ0) is 13.8. The Labute approximate surface area is 122 Å². The van der Waals surface area contributed by atoms with Gasteiger partial charge in [-0.15, -0.1) is 0 Å². The van der Waals surface area contributed by atoms with Crippen LogP contribution in [-0.4, -0.2) is 9.78 Å².